The van der Waals surface area contributed by atoms with Gasteiger partial charge in [-0.2, -0.15) is 0 Å². The highest BCUT2D eigenvalue weighted by Crippen LogP contribution is 2.19. The Morgan fingerprint density at radius 1 is 1.20 bits per heavy atom. The number of nitrogens with zero attached hydrogens (tertiary/aromatic N) is 2. The van der Waals surface area contributed by atoms with E-state index >= 15 is 0 Å². The highest BCUT2D eigenvalue weighted by molar-refractivity contribution is 5.47. The summed E-state index contributed by atoms with van der Waals surface area (Å²) in [6.07, 6.45) is 3.76. The van der Waals surface area contributed by atoms with Gasteiger partial charge in [-0.05, 0) is 50.9 Å². The van der Waals surface area contributed by atoms with E-state index in [0.717, 1.165) is 36.5 Å². The van der Waals surface area contributed by atoms with Crippen molar-refractivity contribution in [1.29, 1.82) is 0 Å². The van der Waals surface area contributed by atoms with Crippen molar-refractivity contribution in [3.63, 3.8) is 0 Å². The molecule has 0 aliphatic heterocycles. The molecule has 4 nitrogen and oxygen atoms in total. The highest BCUT2D eigenvalue weighted by Gasteiger charge is 2.11. The molecule has 0 radical (unpaired) electrons. The molecular weight excluding hydrogens is 250 g/mol. The van der Waals surface area contributed by atoms with Gasteiger partial charge < -0.3 is 9.73 Å². The van der Waals surface area contributed by atoms with Crippen LogP contribution in [0.2, 0.25) is 0 Å². The number of nitrogens with one attached hydrogen (secondary N) is 1. The van der Waals surface area contributed by atoms with E-state index in [9.17, 15) is 0 Å². The number of hydrogen-bond donors (Lipinski definition) is 1. The molecule has 2 heterocycles. The standard InChI is InChI=1S/C16H23N3O/c1-11(2)17-9-5-7-14-12(3)18-16(19-13(14)4)15-8-6-10-20-15/h6,8,10-11,17H,5,7,9H2,1-4H3. The van der Waals surface area contributed by atoms with Gasteiger partial charge in [-0.1, -0.05) is 13.8 Å². The van der Waals surface area contributed by atoms with E-state index in [-0.39, 0.29) is 0 Å². The molecule has 0 fully saturated rings. The predicted molar refractivity (Wildman–Crippen MR) is 80.7 cm³/mol. The maximum atomic E-state index is 5.36. The van der Waals surface area contributed by atoms with E-state index < -0.39 is 0 Å². The molecule has 0 saturated carbocycles. The fourth-order valence-corrected chi connectivity index (χ4v) is 2.27. The average molecular weight is 273 g/mol. The molecule has 108 valence electrons. The summed E-state index contributed by atoms with van der Waals surface area (Å²) < 4.78 is 5.36. The quantitative estimate of drug-likeness (QED) is 0.821. The molecule has 0 bridgehead atoms. The molecule has 0 aliphatic carbocycles. The van der Waals surface area contributed by atoms with Crippen LogP contribution in [0.3, 0.4) is 0 Å². The maximum Gasteiger partial charge on any atom is 0.196 e. The molecule has 0 aliphatic rings. The lowest BCUT2D eigenvalue weighted by atomic mass is 10.1. The highest BCUT2D eigenvalue weighted by atomic mass is 16.3. The fraction of sp³-hybridized carbons (Fsp3) is 0.500. The summed E-state index contributed by atoms with van der Waals surface area (Å²) in [6, 6.07) is 4.28. The summed E-state index contributed by atoms with van der Waals surface area (Å²) in [7, 11) is 0. The summed E-state index contributed by atoms with van der Waals surface area (Å²) in [5.74, 6) is 1.40. The SMILES string of the molecule is Cc1nc(-c2ccco2)nc(C)c1CCCNC(C)C. The predicted octanol–water partition coefficient (Wildman–Crippen LogP) is 3.28. The molecule has 0 saturated heterocycles. The van der Waals surface area contributed by atoms with E-state index in [2.05, 4.69) is 29.1 Å². The van der Waals surface area contributed by atoms with Crippen molar-refractivity contribution < 1.29 is 4.42 Å². The molecule has 0 spiro atoms. The first-order chi connectivity index (χ1) is 9.58. The lowest BCUT2D eigenvalue weighted by Gasteiger charge is -2.11. The van der Waals surface area contributed by atoms with Crippen molar-refractivity contribution in [3.05, 3.63) is 35.3 Å². The Morgan fingerprint density at radius 2 is 1.90 bits per heavy atom. The molecule has 2 aromatic heterocycles. The third-order valence-corrected chi connectivity index (χ3v) is 3.32. The van der Waals surface area contributed by atoms with Crippen LogP contribution in [0.15, 0.2) is 22.8 Å². The van der Waals surface area contributed by atoms with E-state index in [4.69, 9.17) is 4.42 Å². The van der Waals surface area contributed by atoms with Gasteiger partial charge in [0.2, 0.25) is 0 Å². The summed E-state index contributed by atoms with van der Waals surface area (Å²) in [5, 5.41) is 3.43. The van der Waals surface area contributed by atoms with Crippen molar-refractivity contribution in [3.8, 4) is 11.6 Å². The van der Waals surface area contributed by atoms with Crippen LogP contribution in [-0.4, -0.2) is 22.6 Å². The Bertz CT molecular complexity index is 524. The van der Waals surface area contributed by atoms with Crippen LogP contribution in [-0.2, 0) is 6.42 Å². The third-order valence-electron chi connectivity index (χ3n) is 3.32. The van der Waals surface area contributed by atoms with Crippen molar-refractivity contribution >= 4 is 0 Å². The van der Waals surface area contributed by atoms with Crippen LogP contribution in [0, 0.1) is 13.8 Å². The lowest BCUT2D eigenvalue weighted by Crippen LogP contribution is -2.24. The Hall–Kier alpha value is -1.68. The monoisotopic (exact) mass is 273 g/mol. The molecule has 2 aromatic rings. The van der Waals surface area contributed by atoms with Crippen LogP contribution in [0.25, 0.3) is 11.6 Å². The first-order valence-corrected chi connectivity index (χ1v) is 7.19. The first-order valence-electron chi connectivity index (χ1n) is 7.19. The van der Waals surface area contributed by atoms with Crippen LogP contribution in [0.1, 0.15) is 37.2 Å². The largest absolute Gasteiger partial charge is 0.461 e. The van der Waals surface area contributed by atoms with Gasteiger partial charge in [-0.3, -0.25) is 0 Å². The van der Waals surface area contributed by atoms with E-state index in [0.29, 0.717) is 11.9 Å². The molecule has 0 amide bonds. The Labute approximate surface area is 120 Å². The number of hydrogen-bond acceptors (Lipinski definition) is 4. The summed E-state index contributed by atoms with van der Waals surface area (Å²) in [6.45, 7) is 9.45. The van der Waals surface area contributed by atoms with Gasteiger partial charge in [-0.15, -0.1) is 0 Å². The Balaban J connectivity index is 2.07. The van der Waals surface area contributed by atoms with Gasteiger partial charge in [-0.25, -0.2) is 9.97 Å². The van der Waals surface area contributed by atoms with Gasteiger partial charge in [0, 0.05) is 17.4 Å². The van der Waals surface area contributed by atoms with Gasteiger partial charge in [0.25, 0.3) is 0 Å². The van der Waals surface area contributed by atoms with Crippen LogP contribution < -0.4 is 5.32 Å². The number of aryl methyl sites for hydroxylation is 2. The summed E-state index contributed by atoms with van der Waals surface area (Å²) >= 11 is 0. The number of aromatic nitrogens is 2. The molecule has 4 heteroatoms. The minimum Gasteiger partial charge on any atom is -0.461 e. The van der Waals surface area contributed by atoms with E-state index in [1.165, 1.54) is 5.56 Å². The zero-order valence-corrected chi connectivity index (χ0v) is 12.7. The Kier molecular flexibility index (Phi) is 4.90. The molecular formula is C16H23N3O. The average Bonchev–Trinajstić information content (AvgIpc) is 2.90. The zero-order valence-electron chi connectivity index (χ0n) is 12.7. The normalized spacial score (nSPS) is 11.2. The fourth-order valence-electron chi connectivity index (χ4n) is 2.27. The summed E-state index contributed by atoms with van der Waals surface area (Å²) in [5.41, 5.74) is 3.35. The third kappa shape index (κ3) is 3.67. The summed E-state index contributed by atoms with van der Waals surface area (Å²) in [4.78, 5) is 9.13. The van der Waals surface area contributed by atoms with Crippen LogP contribution >= 0.6 is 0 Å². The van der Waals surface area contributed by atoms with Crippen LogP contribution in [0.4, 0.5) is 0 Å². The van der Waals surface area contributed by atoms with Gasteiger partial charge in [0.15, 0.2) is 11.6 Å². The van der Waals surface area contributed by atoms with Gasteiger partial charge in [0.05, 0.1) is 6.26 Å². The van der Waals surface area contributed by atoms with Crippen molar-refractivity contribution in [2.45, 2.75) is 46.6 Å². The molecule has 1 N–H and O–H groups in total. The second-order valence-electron chi connectivity index (χ2n) is 5.39. The minimum atomic E-state index is 0.537. The molecule has 2 rings (SSSR count). The zero-order chi connectivity index (χ0) is 14.5. The van der Waals surface area contributed by atoms with Crippen molar-refractivity contribution in [2.75, 3.05) is 6.54 Å². The molecule has 20 heavy (non-hydrogen) atoms. The first kappa shape index (κ1) is 14.7. The second-order valence-corrected chi connectivity index (χ2v) is 5.39. The molecule has 0 unspecified atom stereocenters. The molecule has 0 aromatic carbocycles. The number of rotatable bonds is 6. The lowest BCUT2D eigenvalue weighted by molar-refractivity contribution is 0.567. The molecule has 0 atom stereocenters. The van der Waals surface area contributed by atoms with E-state index in [1.54, 1.807) is 6.26 Å². The topological polar surface area (TPSA) is 51.0 Å². The minimum absolute atomic E-state index is 0.537. The Morgan fingerprint density at radius 3 is 2.45 bits per heavy atom. The van der Waals surface area contributed by atoms with Crippen molar-refractivity contribution in [2.24, 2.45) is 0 Å². The van der Waals surface area contributed by atoms with Crippen molar-refractivity contribution in [1.82, 2.24) is 15.3 Å². The number of furan rings is 1. The van der Waals surface area contributed by atoms with E-state index in [1.807, 2.05) is 26.0 Å². The smallest absolute Gasteiger partial charge is 0.196 e. The van der Waals surface area contributed by atoms with Gasteiger partial charge in [0.1, 0.15) is 0 Å². The van der Waals surface area contributed by atoms with Crippen LogP contribution in [0.5, 0.6) is 0 Å². The second kappa shape index (κ2) is 6.66. The maximum absolute atomic E-state index is 5.36. The van der Waals surface area contributed by atoms with Gasteiger partial charge >= 0.3 is 0 Å².